The molecule has 0 bridgehead atoms. The van der Waals surface area contributed by atoms with Gasteiger partial charge in [-0.25, -0.2) is 13.7 Å². The number of benzene rings is 3. The molecule has 1 aliphatic heterocycles. The van der Waals surface area contributed by atoms with E-state index >= 15 is 0 Å². The van der Waals surface area contributed by atoms with Gasteiger partial charge in [0.1, 0.15) is 23.1 Å². The van der Waals surface area contributed by atoms with Crippen LogP contribution < -0.4 is 15.0 Å². The van der Waals surface area contributed by atoms with Gasteiger partial charge in [0.05, 0.1) is 18.4 Å². The lowest BCUT2D eigenvalue weighted by molar-refractivity contribution is -0.120. The van der Waals surface area contributed by atoms with Gasteiger partial charge in [0.25, 0.3) is 11.8 Å². The Hall–Kier alpha value is -4.00. The van der Waals surface area contributed by atoms with Gasteiger partial charge in [-0.1, -0.05) is 24.3 Å². The predicted molar refractivity (Wildman–Crippen MR) is 118 cm³/mol. The van der Waals surface area contributed by atoms with Crippen LogP contribution >= 0.6 is 0 Å². The zero-order chi connectivity index (χ0) is 23.0. The van der Waals surface area contributed by atoms with Crippen molar-refractivity contribution in [3.8, 4) is 5.75 Å². The Morgan fingerprint density at radius 2 is 1.56 bits per heavy atom. The maximum absolute atomic E-state index is 14.5. The van der Waals surface area contributed by atoms with E-state index in [9.17, 15) is 18.4 Å². The van der Waals surface area contributed by atoms with E-state index in [2.05, 4.69) is 5.32 Å². The standard InChI is InChI=1S/C25H20F2N2O3/c1-14-10-15(2)12-17(11-14)28-23-22(18-6-4-5-7-21(18)32-3)24(30)29(25(23)31)20-13-16(26)8-9-19(20)27/h4-13,28H,1-3H3. The maximum Gasteiger partial charge on any atom is 0.282 e. The Bertz CT molecular complexity index is 1260. The van der Waals surface area contributed by atoms with Crippen molar-refractivity contribution in [2.75, 3.05) is 17.3 Å². The summed E-state index contributed by atoms with van der Waals surface area (Å²) in [6.45, 7) is 3.81. The second-order valence-electron chi connectivity index (χ2n) is 7.49. The van der Waals surface area contributed by atoms with Crippen LogP contribution in [0, 0.1) is 25.5 Å². The number of para-hydroxylation sites is 1. The van der Waals surface area contributed by atoms with Crippen LogP contribution in [0.4, 0.5) is 20.2 Å². The van der Waals surface area contributed by atoms with Crippen LogP contribution in [0.3, 0.4) is 0 Å². The lowest BCUT2D eigenvalue weighted by Crippen LogP contribution is -2.33. The van der Waals surface area contributed by atoms with Gasteiger partial charge in [-0.3, -0.25) is 9.59 Å². The molecule has 1 aliphatic rings. The van der Waals surface area contributed by atoms with Gasteiger partial charge >= 0.3 is 0 Å². The molecular formula is C25H20F2N2O3. The van der Waals surface area contributed by atoms with Crippen LogP contribution in [0.1, 0.15) is 16.7 Å². The molecule has 0 unspecified atom stereocenters. The second-order valence-corrected chi connectivity index (χ2v) is 7.49. The Labute approximate surface area is 183 Å². The van der Waals surface area contributed by atoms with Gasteiger partial charge in [-0.15, -0.1) is 0 Å². The van der Waals surface area contributed by atoms with Gasteiger partial charge in [0.2, 0.25) is 0 Å². The zero-order valence-electron chi connectivity index (χ0n) is 17.7. The molecule has 0 radical (unpaired) electrons. The Morgan fingerprint density at radius 3 is 2.25 bits per heavy atom. The fourth-order valence-electron chi connectivity index (χ4n) is 3.81. The van der Waals surface area contributed by atoms with Crippen molar-refractivity contribution in [2.24, 2.45) is 0 Å². The lowest BCUT2D eigenvalue weighted by Gasteiger charge is -2.16. The van der Waals surface area contributed by atoms with Gasteiger partial charge in [0, 0.05) is 17.3 Å². The van der Waals surface area contributed by atoms with Crippen molar-refractivity contribution >= 4 is 28.8 Å². The number of methoxy groups -OCH3 is 1. The predicted octanol–water partition coefficient (Wildman–Crippen LogP) is 4.99. The smallest absolute Gasteiger partial charge is 0.282 e. The van der Waals surface area contributed by atoms with Gasteiger partial charge in [-0.2, -0.15) is 0 Å². The summed E-state index contributed by atoms with van der Waals surface area (Å²) in [6, 6.07) is 14.9. The summed E-state index contributed by atoms with van der Waals surface area (Å²) in [5, 5.41) is 3.03. The number of anilines is 2. The SMILES string of the molecule is COc1ccccc1C1=C(Nc2cc(C)cc(C)c2)C(=O)N(c2cc(F)ccc2F)C1=O. The summed E-state index contributed by atoms with van der Waals surface area (Å²) in [6.07, 6.45) is 0. The third kappa shape index (κ3) is 3.73. The van der Waals surface area contributed by atoms with Gasteiger partial charge in [-0.05, 0) is 55.3 Å². The Kier molecular flexibility index (Phi) is 5.48. The first kappa shape index (κ1) is 21.2. The van der Waals surface area contributed by atoms with E-state index in [0.29, 0.717) is 21.9 Å². The van der Waals surface area contributed by atoms with Crippen LogP contribution in [-0.4, -0.2) is 18.9 Å². The molecule has 0 spiro atoms. The average molecular weight is 434 g/mol. The van der Waals surface area contributed by atoms with Gasteiger partial charge < -0.3 is 10.1 Å². The number of nitrogens with one attached hydrogen (secondary N) is 1. The third-order valence-electron chi connectivity index (χ3n) is 5.10. The number of carbonyl (C=O) groups excluding carboxylic acids is 2. The molecule has 162 valence electrons. The van der Waals surface area contributed by atoms with Crippen molar-refractivity contribution in [1.29, 1.82) is 0 Å². The maximum atomic E-state index is 14.5. The summed E-state index contributed by atoms with van der Waals surface area (Å²) in [7, 11) is 1.45. The molecular weight excluding hydrogens is 414 g/mol. The number of halogens is 2. The fourth-order valence-corrected chi connectivity index (χ4v) is 3.81. The molecule has 0 atom stereocenters. The summed E-state index contributed by atoms with van der Waals surface area (Å²) in [5.41, 5.74) is 2.37. The van der Waals surface area contributed by atoms with E-state index in [1.165, 1.54) is 7.11 Å². The molecule has 0 fully saturated rings. The lowest BCUT2D eigenvalue weighted by atomic mass is 10.0. The molecule has 3 aromatic rings. The molecule has 0 saturated heterocycles. The molecule has 0 aromatic heterocycles. The highest BCUT2D eigenvalue weighted by atomic mass is 19.1. The first-order valence-corrected chi connectivity index (χ1v) is 9.87. The quantitative estimate of drug-likeness (QED) is 0.575. The molecule has 3 aromatic carbocycles. The number of hydrogen-bond donors (Lipinski definition) is 1. The van der Waals surface area contributed by atoms with E-state index in [-0.39, 0.29) is 11.3 Å². The molecule has 1 N–H and O–H groups in total. The second kappa shape index (κ2) is 8.26. The zero-order valence-corrected chi connectivity index (χ0v) is 17.7. The number of ether oxygens (including phenoxy) is 1. The number of nitrogens with zero attached hydrogens (tertiary/aromatic N) is 1. The summed E-state index contributed by atoms with van der Waals surface area (Å²) in [5.74, 6) is -2.86. The number of aryl methyl sites for hydroxylation is 2. The highest BCUT2D eigenvalue weighted by Crippen LogP contribution is 2.38. The first-order valence-electron chi connectivity index (χ1n) is 9.87. The van der Waals surface area contributed by atoms with Crippen LogP contribution in [0.5, 0.6) is 5.75 Å². The highest BCUT2D eigenvalue weighted by Gasteiger charge is 2.42. The van der Waals surface area contributed by atoms with Crippen LogP contribution in [0.15, 0.2) is 66.4 Å². The number of imide groups is 1. The van der Waals surface area contributed by atoms with E-state index in [1.807, 2.05) is 32.0 Å². The average Bonchev–Trinajstić information content (AvgIpc) is 2.98. The van der Waals surface area contributed by atoms with Crippen molar-refractivity contribution < 1.29 is 23.1 Å². The van der Waals surface area contributed by atoms with Crippen molar-refractivity contribution in [1.82, 2.24) is 0 Å². The molecule has 2 amide bonds. The number of carbonyl (C=O) groups is 2. The van der Waals surface area contributed by atoms with Crippen LogP contribution in [0.2, 0.25) is 0 Å². The molecule has 0 saturated carbocycles. The molecule has 5 nitrogen and oxygen atoms in total. The summed E-state index contributed by atoms with van der Waals surface area (Å²) in [4.78, 5) is 27.5. The fraction of sp³-hybridized carbons (Fsp3) is 0.120. The molecule has 4 rings (SSSR count). The van der Waals surface area contributed by atoms with E-state index < -0.39 is 29.1 Å². The topological polar surface area (TPSA) is 58.6 Å². The Balaban J connectivity index is 1.91. The Morgan fingerprint density at radius 1 is 0.875 bits per heavy atom. The molecule has 32 heavy (non-hydrogen) atoms. The number of rotatable bonds is 5. The molecule has 7 heteroatoms. The van der Waals surface area contributed by atoms with Crippen molar-refractivity contribution in [3.63, 3.8) is 0 Å². The van der Waals surface area contributed by atoms with Crippen LogP contribution in [-0.2, 0) is 9.59 Å². The first-order chi connectivity index (χ1) is 15.3. The van der Waals surface area contributed by atoms with Gasteiger partial charge in [0.15, 0.2) is 0 Å². The number of amides is 2. The summed E-state index contributed by atoms with van der Waals surface area (Å²) >= 11 is 0. The van der Waals surface area contributed by atoms with Crippen molar-refractivity contribution in [3.05, 3.63) is 94.7 Å². The summed E-state index contributed by atoms with van der Waals surface area (Å²) < 4.78 is 33.8. The minimum atomic E-state index is -0.889. The minimum absolute atomic E-state index is 0.00951. The largest absolute Gasteiger partial charge is 0.496 e. The van der Waals surface area contributed by atoms with E-state index in [0.717, 1.165) is 29.3 Å². The van der Waals surface area contributed by atoms with E-state index in [1.54, 1.807) is 24.3 Å². The highest BCUT2D eigenvalue weighted by molar-refractivity contribution is 6.46. The minimum Gasteiger partial charge on any atom is -0.496 e. The molecule has 0 aliphatic carbocycles. The van der Waals surface area contributed by atoms with E-state index in [4.69, 9.17) is 4.74 Å². The normalized spacial score (nSPS) is 13.7. The third-order valence-corrected chi connectivity index (χ3v) is 5.10. The van der Waals surface area contributed by atoms with Crippen LogP contribution in [0.25, 0.3) is 5.57 Å². The number of hydrogen-bond acceptors (Lipinski definition) is 4. The van der Waals surface area contributed by atoms with Crippen molar-refractivity contribution in [2.45, 2.75) is 13.8 Å². The molecule has 1 heterocycles. The monoisotopic (exact) mass is 434 g/mol.